The molecule has 6 rings (SSSR count). The van der Waals surface area contributed by atoms with Crippen LogP contribution in [0.5, 0.6) is 5.88 Å². The average molecular weight is 522 g/mol. The Morgan fingerprint density at radius 1 is 1.18 bits per heavy atom. The predicted octanol–water partition coefficient (Wildman–Crippen LogP) is 3.34. The lowest BCUT2D eigenvalue weighted by Gasteiger charge is -2.39. The molecule has 3 aromatic heterocycles. The van der Waals surface area contributed by atoms with Crippen LogP contribution in [0, 0.1) is 17.7 Å². The van der Waals surface area contributed by atoms with Crippen molar-refractivity contribution in [3.8, 4) is 17.1 Å². The van der Waals surface area contributed by atoms with Crippen molar-refractivity contribution in [2.45, 2.75) is 37.8 Å². The van der Waals surface area contributed by atoms with Crippen LogP contribution in [-0.4, -0.2) is 61.3 Å². The van der Waals surface area contributed by atoms with E-state index in [-0.39, 0.29) is 52.6 Å². The van der Waals surface area contributed by atoms with Crippen LogP contribution in [0.2, 0.25) is 0 Å². The largest absolute Gasteiger partial charge is 0.481 e. The molecule has 38 heavy (non-hydrogen) atoms. The van der Waals surface area contributed by atoms with Gasteiger partial charge in [0.05, 0.1) is 29.9 Å². The molecule has 1 atom stereocenters. The first-order valence-electron chi connectivity index (χ1n) is 12.3. The Morgan fingerprint density at radius 2 is 2.03 bits per heavy atom. The van der Waals surface area contributed by atoms with Gasteiger partial charge >= 0.3 is 0 Å². The van der Waals surface area contributed by atoms with Crippen LogP contribution in [0.1, 0.15) is 41.7 Å². The summed E-state index contributed by atoms with van der Waals surface area (Å²) in [6.07, 6.45) is 3.77. The monoisotopic (exact) mass is 521 g/mol. The van der Waals surface area contributed by atoms with Crippen molar-refractivity contribution in [2.24, 2.45) is 5.92 Å². The first kappa shape index (κ1) is 24.0. The van der Waals surface area contributed by atoms with E-state index in [0.29, 0.717) is 30.3 Å². The molecule has 10 nitrogen and oxygen atoms in total. The van der Waals surface area contributed by atoms with Gasteiger partial charge in [-0.15, -0.1) is 0 Å². The van der Waals surface area contributed by atoms with Gasteiger partial charge in [-0.1, -0.05) is 6.07 Å². The van der Waals surface area contributed by atoms with E-state index in [4.69, 9.17) is 4.74 Å². The molecular weight excluding hydrogens is 496 g/mol. The summed E-state index contributed by atoms with van der Waals surface area (Å²) in [5.41, 5.74) is 1.65. The number of amides is 2. The summed E-state index contributed by atoms with van der Waals surface area (Å²) < 4.78 is 33.2. The molecule has 2 amide bonds. The Bertz CT molecular complexity index is 1540. The fraction of sp³-hybridized carbons (Fsp3) is 0.346. The molecule has 1 aliphatic carbocycles. The lowest BCUT2D eigenvalue weighted by molar-refractivity contribution is -0.127. The topological polar surface area (TPSA) is 129 Å². The number of ether oxygens (including phenoxy) is 1. The third-order valence-corrected chi connectivity index (χ3v) is 7.51. The Hall–Kier alpha value is -4.35. The van der Waals surface area contributed by atoms with Crippen LogP contribution in [0.25, 0.3) is 22.2 Å². The van der Waals surface area contributed by atoms with Crippen LogP contribution in [0.3, 0.4) is 0 Å². The highest BCUT2D eigenvalue weighted by molar-refractivity contribution is 5.94. The van der Waals surface area contributed by atoms with Gasteiger partial charge in [-0.05, 0) is 49.4 Å². The van der Waals surface area contributed by atoms with Gasteiger partial charge in [0.2, 0.25) is 17.7 Å². The number of pyridine rings is 1. The number of nitrogens with one attached hydrogen (secondary N) is 3. The number of H-pyrrole nitrogens is 2. The number of aromatic amines is 2. The number of likely N-dealkylation sites (tertiary alicyclic amines) is 1. The summed E-state index contributed by atoms with van der Waals surface area (Å²) >= 11 is 0. The molecule has 196 valence electrons. The highest BCUT2D eigenvalue weighted by atomic mass is 19.1. The Balaban J connectivity index is 1.11. The SMILES string of the molecule is COc1cc(-c2cc(C(=O)N3CC[C@@H](C(=O)NCc4ccc5n[nH]c(F)c5c4)CC34CC4)[nH]n2)c(F)cn1. The molecule has 1 saturated heterocycles. The van der Waals surface area contributed by atoms with Gasteiger partial charge in [0.25, 0.3) is 5.91 Å². The van der Waals surface area contributed by atoms with E-state index in [1.807, 2.05) is 4.90 Å². The van der Waals surface area contributed by atoms with Gasteiger partial charge in [0, 0.05) is 36.2 Å². The fourth-order valence-electron chi connectivity index (χ4n) is 5.26. The number of carbonyl (C=O) groups is 2. The maximum Gasteiger partial charge on any atom is 0.272 e. The first-order chi connectivity index (χ1) is 18.4. The quantitative estimate of drug-likeness (QED) is 0.357. The summed E-state index contributed by atoms with van der Waals surface area (Å²) in [4.78, 5) is 32.0. The summed E-state index contributed by atoms with van der Waals surface area (Å²) in [6.45, 7) is 0.702. The molecular formula is C26H25F2N7O3. The first-order valence-corrected chi connectivity index (χ1v) is 12.3. The highest BCUT2D eigenvalue weighted by Gasteiger charge is 2.54. The second kappa shape index (κ2) is 9.19. The molecule has 1 saturated carbocycles. The number of methoxy groups -OCH3 is 1. The summed E-state index contributed by atoms with van der Waals surface area (Å²) in [5, 5.41) is 16.4. The van der Waals surface area contributed by atoms with Crippen molar-refractivity contribution in [1.82, 2.24) is 35.6 Å². The molecule has 0 bridgehead atoms. The number of carbonyl (C=O) groups excluding carboxylic acids is 2. The van der Waals surface area contributed by atoms with Gasteiger partial charge in [-0.2, -0.15) is 14.6 Å². The summed E-state index contributed by atoms with van der Waals surface area (Å²) in [7, 11) is 1.43. The van der Waals surface area contributed by atoms with Crippen molar-refractivity contribution >= 4 is 22.7 Å². The molecule has 1 spiro atoms. The standard InChI is InChI=1S/C26H25F2N7O3/c1-38-22-9-16(18(27)13-29-22)20-10-21(33-32-20)25(37)35-7-4-15(11-26(35)5-6-26)24(36)30-12-14-2-3-19-17(8-14)23(28)34-31-19/h2-3,8-10,13,15H,4-7,11-12H2,1H3,(H,30,36)(H,31,34)(H,32,33)/t15-/m1/s1. The van der Waals surface area contributed by atoms with Crippen LogP contribution < -0.4 is 10.1 Å². The summed E-state index contributed by atoms with van der Waals surface area (Å²) in [5.74, 6) is -1.37. The minimum Gasteiger partial charge on any atom is -0.481 e. The maximum absolute atomic E-state index is 14.3. The lowest BCUT2D eigenvalue weighted by Crippen LogP contribution is -2.50. The minimum absolute atomic E-state index is 0.0814. The average Bonchev–Trinajstić information content (AvgIpc) is 3.34. The predicted molar refractivity (Wildman–Crippen MR) is 132 cm³/mol. The second-order valence-electron chi connectivity index (χ2n) is 9.85. The van der Waals surface area contributed by atoms with E-state index in [1.54, 1.807) is 18.2 Å². The van der Waals surface area contributed by atoms with Gasteiger partial charge in [-0.25, -0.2) is 9.37 Å². The Morgan fingerprint density at radius 3 is 2.82 bits per heavy atom. The second-order valence-corrected chi connectivity index (χ2v) is 9.85. The smallest absolute Gasteiger partial charge is 0.272 e. The third-order valence-electron chi connectivity index (χ3n) is 7.51. The molecule has 2 aliphatic rings. The van der Waals surface area contributed by atoms with Gasteiger partial charge < -0.3 is 15.0 Å². The zero-order valence-electron chi connectivity index (χ0n) is 20.6. The molecule has 12 heteroatoms. The number of piperidine rings is 1. The lowest BCUT2D eigenvalue weighted by atomic mass is 9.88. The van der Waals surface area contributed by atoms with E-state index in [9.17, 15) is 18.4 Å². The molecule has 0 unspecified atom stereocenters. The fourth-order valence-corrected chi connectivity index (χ4v) is 5.26. The molecule has 1 aliphatic heterocycles. The number of rotatable bonds is 6. The molecule has 1 aromatic carbocycles. The zero-order valence-corrected chi connectivity index (χ0v) is 20.6. The van der Waals surface area contributed by atoms with Gasteiger partial charge in [0.1, 0.15) is 5.69 Å². The summed E-state index contributed by atoms with van der Waals surface area (Å²) in [6, 6.07) is 8.13. The van der Waals surface area contributed by atoms with Crippen molar-refractivity contribution in [3.63, 3.8) is 0 Å². The zero-order chi connectivity index (χ0) is 26.4. The number of halogens is 2. The van der Waals surface area contributed by atoms with E-state index < -0.39 is 11.8 Å². The third kappa shape index (κ3) is 4.25. The Kier molecular flexibility index (Phi) is 5.81. The van der Waals surface area contributed by atoms with E-state index in [2.05, 4.69) is 30.7 Å². The molecule has 3 N–H and O–H groups in total. The minimum atomic E-state index is -0.573. The number of fused-ring (bicyclic) bond motifs is 1. The number of hydrogen-bond donors (Lipinski definition) is 3. The maximum atomic E-state index is 14.3. The van der Waals surface area contributed by atoms with Crippen LogP contribution in [0.15, 0.2) is 36.5 Å². The number of hydrogen-bond acceptors (Lipinski definition) is 6. The van der Waals surface area contributed by atoms with E-state index in [0.717, 1.165) is 24.6 Å². The van der Waals surface area contributed by atoms with Crippen molar-refractivity contribution in [2.75, 3.05) is 13.7 Å². The number of aromatic nitrogens is 5. The highest BCUT2D eigenvalue weighted by Crippen LogP contribution is 2.50. The molecule has 4 heterocycles. The van der Waals surface area contributed by atoms with Crippen molar-refractivity contribution < 1.29 is 23.1 Å². The van der Waals surface area contributed by atoms with Crippen LogP contribution in [0.4, 0.5) is 8.78 Å². The van der Waals surface area contributed by atoms with E-state index in [1.165, 1.54) is 19.2 Å². The molecule has 2 fully saturated rings. The van der Waals surface area contributed by atoms with Crippen molar-refractivity contribution in [3.05, 3.63) is 59.6 Å². The Labute approximate surface area is 215 Å². The molecule has 0 radical (unpaired) electrons. The van der Waals surface area contributed by atoms with Crippen LogP contribution in [-0.2, 0) is 11.3 Å². The normalized spacial score (nSPS) is 18.1. The van der Waals surface area contributed by atoms with Crippen molar-refractivity contribution in [1.29, 1.82) is 0 Å². The van der Waals surface area contributed by atoms with Crippen LogP contribution >= 0.6 is 0 Å². The van der Waals surface area contributed by atoms with E-state index >= 15 is 0 Å². The number of nitrogens with zero attached hydrogens (tertiary/aromatic N) is 4. The van der Waals surface area contributed by atoms with Gasteiger partial charge in [0.15, 0.2) is 5.82 Å². The van der Waals surface area contributed by atoms with Gasteiger partial charge in [-0.3, -0.25) is 19.8 Å². The molecule has 4 aromatic rings. The number of benzene rings is 1.